The van der Waals surface area contributed by atoms with Crippen molar-refractivity contribution in [2.75, 3.05) is 18.6 Å². The summed E-state index contributed by atoms with van der Waals surface area (Å²) in [5.74, 6) is 0.377. The van der Waals surface area contributed by atoms with Gasteiger partial charge in [-0.05, 0) is 54.7 Å². The predicted molar refractivity (Wildman–Crippen MR) is 136 cm³/mol. The quantitative estimate of drug-likeness (QED) is 0.547. The fourth-order valence-electron chi connectivity index (χ4n) is 4.54. The number of rotatable bonds is 7. The molecule has 0 saturated heterocycles. The van der Waals surface area contributed by atoms with E-state index in [9.17, 15) is 14.4 Å². The first-order valence-electron chi connectivity index (χ1n) is 12.3. The first-order chi connectivity index (χ1) is 16.8. The Bertz CT molecular complexity index is 1110. The lowest BCUT2D eigenvalue weighted by molar-refractivity contribution is -0.124. The number of anilines is 1. The van der Waals surface area contributed by atoms with E-state index in [2.05, 4.69) is 10.6 Å². The van der Waals surface area contributed by atoms with E-state index in [1.165, 1.54) is 19.3 Å². The van der Waals surface area contributed by atoms with Gasteiger partial charge < -0.3 is 20.3 Å². The van der Waals surface area contributed by atoms with Crippen molar-refractivity contribution in [3.8, 4) is 5.75 Å². The highest BCUT2D eigenvalue weighted by atomic mass is 35.5. The molecule has 0 aromatic heterocycles. The fraction of sp³-hybridized carbons (Fsp3) is 0.444. The van der Waals surface area contributed by atoms with Gasteiger partial charge in [0.25, 0.3) is 11.8 Å². The van der Waals surface area contributed by atoms with E-state index in [0.29, 0.717) is 46.6 Å². The van der Waals surface area contributed by atoms with Gasteiger partial charge in [0, 0.05) is 24.7 Å². The van der Waals surface area contributed by atoms with Crippen LogP contribution in [-0.2, 0) is 11.3 Å². The van der Waals surface area contributed by atoms with Crippen LogP contribution < -0.4 is 15.4 Å². The molecule has 0 atom stereocenters. The zero-order chi connectivity index (χ0) is 24.9. The van der Waals surface area contributed by atoms with Crippen LogP contribution in [0.15, 0.2) is 36.4 Å². The highest BCUT2D eigenvalue weighted by Crippen LogP contribution is 2.31. The second-order valence-corrected chi connectivity index (χ2v) is 10.1. The summed E-state index contributed by atoms with van der Waals surface area (Å²) in [5, 5.41) is 5.98. The van der Waals surface area contributed by atoms with Gasteiger partial charge in [0.2, 0.25) is 5.91 Å². The Kier molecular flexibility index (Phi) is 7.96. The third-order valence-electron chi connectivity index (χ3n) is 6.60. The number of carbonyl (C=O) groups is 3. The van der Waals surface area contributed by atoms with Gasteiger partial charge in [-0.1, -0.05) is 50.8 Å². The minimum atomic E-state index is -0.393. The molecular weight excluding hydrogens is 466 g/mol. The molecule has 0 unspecified atom stereocenters. The first kappa shape index (κ1) is 25.0. The third-order valence-corrected chi connectivity index (χ3v) is 6.93. The maximum Gasteiger partial charge on any atom is 0.260 e. The molecule has 0 bridgehead atoms. The van der Waals surface area contributed by atoms with Crippen LogP contribution in [-0.4, -0.2) is 35.9 Å². The standard InChI is InChI=1S/C27H32ClN3O4/c1-17(2)25(32)29-14-19-8-10-23(28)21(12-19)26(33)30-20-9-11-24-22(13-20)27(34)31(16-35-24)15-18-6-4-3-5-7-18/h8-13,17-18H,3-7,14-16H2,1-2H3,(H,29,32)(H,30,33). The van der Waals surface area contributed by atoms with Gasteiger partial charge in [0.15, 0.2) is 6.73 Å². The van der Waals surface area contributed by atoms with E-state index < -0.39 is 5.91 Å². The first-order valence-corrected chi connectivity index (χ1v) is 12.6. The van der Waals surface area contributed by atoms with Crippen LogP contribution >= 0.6 is 11.6 Å². The molecular formula is C27H32ClN3O4. The summed E-state index contributed by atoms with van der Waals surface area (Å²) in [5.41, 5.74) is 1.99. The highest BCUT2D eigenvalue weighted by molar-refractivity contribution is 6.34. The molecule has 0 spiro atoms. The van der Waals surface area contributed by atoms with E-state index in [1.807, 2.05) is 13.8 Å². The molecule has 1 aliphatic carbocycles. The largest absolute Gasteiger partial charge is 0.472 e. The number of carbonyl (C=O) groups excluding carboxylic acids is 3. The van der Waals surface area contributed by atoms with E-state index in [0.717, 1.165) is 18.4 Å². The van der Waals surface area contributed by atoms with E-state index in [1.54, 1.807) is 41.3 Å². The second kappa shape index (κ2) is 11.1. The van der Waals surface area contributed by atoms with Crippen molar-refractivity contribution in [3.63, 3.8) is 0 Å². The summed E-state index contributed by atoms with van der Waals surface area (Å²) in [6, 6.07) is 10.2. The van der Waals surface area contributed by atoms with Crippen molar-refractivity contribution in [3.05, 3.63) is 58.1 Å². The SMILES string of the molecule is CC(C)C(=O)NCc1ccc(Cl)c(C(=O)Nc2ccc3c(c2)C(=O)N(CC2CCCCC2)CO3)c1. The molecule has 8 heteroatoms. The zero-order valence-corrected chi connectivity index (χ0v) is 21.0. The van der Waals surface area contributed by atoms with E-state index in [4.69, 9.17) is 16.3 Å². The maximum absolute atomic E-state index is 13.1. The minimum absolute atomic E-state index is 0.0653. The molecule has 1 fully saturated rings. The minimum Gasteiger partial charge on any atom is -0.472 e. The molecule has 4 rings (SSSR count). The van der Waals surface area contributed by atoms with Gasteiger partial charge in [0.05, 0.1) is 16.1 Å². The van der Waals surface area contributed by atoms with Crippen LogP contribution in [0.5, 0.6) is 5.75 Å². The van der Waals surface area contributed by atoms with Gasteiger partial charge in [-0.25, -0.2) is 0 Å². The summed E-state index contributed by atoms with van der Waals surface area (Å²) in [6.45, 7) is 4.89. The van der Waals surface area contributed by atoms with Gasteiger partial charge in [-0.3, -0.25) is 14.4 Å². The second-order valence-electron chi connectivity index (χ2n) is 9.66. The van der Waals surface area contributed by atoms with Crippen molar-refractivity contribution in [2.45, 2.75) is 52.5 Å². The monoisotopic (exact) mass is 497 g/mol. The van der Waals surface area contributed by atoms with Crippen LogP contribution in [0.2, 0.25) is 5.02 Å². The third kappa shape index (κ3) is 6.14. The lowest BCUT2D eigenvalue weighted by Gasteiger charge is -2.33. The maximum atomic E-state index is 13.1. The van der Waals surface area contributed by atoms with Gasteiger partial charge in [0.1, 0.15) is 5.75 Å². The molecule has 2 aromatic rings. The average molecular weight is 498 g/mol. The normalized spacial score (nSPS) is 16.0. The summed E-state index contributed by atoms with van der Waals surface area (Å²) < 4.78 is 5.83. The number of halogens is 1. The lowest BCUT2D eigenvalue weighted by Crippen LogP contribution is -2.41. The molecule has 7 nitrogen and oxygen atoms in total. The fourth-order valence-corrected chi connectivity index (χ4v) is 4.75. The van der Waals surface area contributed by atoms with Gasteiger partial charge in [-0.15, -0.1) is 0 Å². The molecule has 2 aliphatic rings. The Hall–Kier alpha value is -3.06. The Morgan fingerprint density at radius 2 is 1.89 bits per heavy atom. The number of nitrogens with one attached hydrogen (secondary N) is 2. The molecule has 1 saturated carbocycles. The lowest BCUT2D eigenvalue weighted by atomic mass is 9.89. The number of ether oxygens (including phenoxy) is 1. The van der Waals surface area contributed by atoms with Crippen LogP contribution in [0.4, 0.5) is 5.69 Å². The topological polar surface area (TPSA) is 87.7 Å². The number of hydrogen-bond donors (Lipinski definition) is 2. The number of benzene rings is 2. The Labute approximate surface area is 211 Å². The van der Waals surface area contributed by atoms with Crippen LogP contribution in [0.3, 0.4) is 0 Å². The van der Waals surface area contributed by atoms with Crippen LogP contribution in [0, 0.1) is 11.8 Å². The summed E-state index contributed by atoms with van der Waals surface area (Å²) in [7, 11) is 0. The molecule has 2 N–H and O–H groups in total. The Morgan fingerprint density at radius 3 is 2.63 bits per heavy atom. The molecule has 35 heavy (non-hydrogen) atoms. The van der Waals surface area contributed by atoms with E-state index >= 15 is 0 Å². The predicted octanol–water partition coefficient (Wildman–Crippen LogP) is 5.24. The molecule has 1 heterocycles. The van der Waals surface area contributed by atoms with Crippen molar-refractivity contribution in [1.82, 2.24) is 10.2 Å². The summed E-state index contributed by atoms with van der Waals surface area (Å²) in [6.07, 6.45) is 6.00. The Morgan fingerprint density at radius 1 is 1.11 bits per heavy atom. The summed E-state index contributed by atoms with van der Waals surface area (Å²) in [4.78, 5) is 39.8. The van der Waals surface area contributed by atoms with Crippen molar-refractivity contribution < 1.29 is 19.1 Å². The van der Waals surface area contributed by atoms with E-state index in [-0.39, 0.29) is 24.5 Å². The van der Waals surface area contributed by atoms with Crippen molar-refractivity contribution >= 4 is 35.0 Å². The average Bonchev–Trinajstić information content (AvgIpc) is 2.85. The summed E-state index contributed by atoms with van der Waals surface area (Å²) >= 11 is 6.29. The Balaban J connectivity index is 1.45. The number of fused-ring (bicyclic) bond motifs is 1. The number of amides is 3. The molecule has 0 radical (unpaired) electrons. The van der Waals surface area contributed by atoms with Crippen LogP contribution in [0.1, 0.15) is 72.2 Å². The molecule has 186 valence electrons. The number of nitrogens with zero attached hydrogens (tertiary/aromatic N) is 1. The highest BCUT2D eigenvalue weighted by Gasteiger charge is 2.28. The zero-order valence-electron chi connectivity index (χ0n) is 20.2. The van der Waals surface area contributed by atoms with Crippen molar-refractivity contribution in [2.24, 2.45) is 11.8 Å². The number of hydrogen-bond acceptors (Lipinski definition) is 4. The molecule has 3 amide bonds. The molecule has 1 aliphatic heterocycles. The van der Waals surface area contributed by atoms with Gasteiger partial charge in [-0.2, -0.15) is 0 Å². The molecule has 2 aromatic carbocycles. The van der Waals surface area contributed by atoms with Gasteiger partial charge >= 0.3 is 0 Å². The smallest absolute Gasteiger partial charge is 0.260 e. The van der Waals surface area contributed by atoms with Crippen molar-refractivity contribution in [1.29, 1.82) is 0 Å². The van der Waals surface area contributed by atoms with Crippen LogP contribution in [0.25, 0.3) is 0 Å².